The molecule has 0 amide bonds. The maximum absolute atomic E-state index is 11.7. The molecule has 0 aliphatic carbocycles. The van der Waals surface area contributed by atoms with Gasteiger partial charge in [0.05, 0.1) is 5.75 Å². The van der Waals surface area contributed by atoms with Crippen LogP contribution in [0.2, 0.25) is 0 Å². The molecule has 0 saturated carbocycles. The lowest BCUT2D eigenvalue weighted by atomic mass is 10.1. The van der Waals surface area contributed by atoms with Gasteiger partial charge in [-0.05, 0) is 37.4 Å². The molecule has 0 fully saturated rings. The minimum Gasteiger partial charge on any atom is -0.346 e. The first-order chi connectivity index (χ1) is 10.1. The number of hydrogen-bond donors (Lipinski definition) is 1. The number of benzene rings is 1. The monoisotopic (exact) mass is 308 g/mol. The van der Waals surface area contributed by atoms with E-state index in [4.69, 9.17) is 5.73 Å². The largest absolute Gasteiger partial charge is 0.346 e. The molecule has 0 spiro atoms. The molecule has 0 atom stereocenters. The second-order valence-corrected chi connectivity index (χ2v) is 7.82. The lowest BCUT2D eigenvalue weighted by Gasteiger charge is -2.05. The van der Waals surface area contributed by atoms with Crippen molar-refractivity contribution in [2.75, 3.05) is 18.1 Å². The quantitative estimate of drug-likeness (QED) is 0.761. The first-order valence-electron chi connectivity index (χ1n) is 7.54. The molecule has 0 aliphatic heterocycles. The molecule has 0 radical (unpaired) electrons. The third kappa shape index (κ3) is 4.08. The van der Waals surface area contributed by atoms with Gasteiger partial charge in [-0.25, -0.2) is 8.42 Å². The Kier molecular flexibility index (Phi) is 5.42. The number of fused-ring (bicyclic) bond motifs is 1. The predicted molar refractivity (Wildman–Crippen MR) is 88.3 cm³/mol. The maximum atomic E-state index is 11.7. The van der Waals surface area contributed by atoms with E-state index in [1.165, 1.54) is 10.9 Å². The molecule has 116 valence electrons. The Labute approximate surface area is 126 Å². The van der Waals surface area contributed by atoms with Crippen molar-refractivity contribution < 1.29 is 8.42 Å². The average molecular weight is 308 g/mol. The maximum Gasteiger partial charge on any atom is 0.151 e. The van der Waals surface area contributed by atoms with Gasteiger partial charge in [0.2, 0.25) is 0 Å². The number of nitrogens with two attached hydrogens (primary N) is 1. The van der Waals surface area contributed by atoms with E-state index in [-0.39, 0.29) is 11.5 Å². The second kappa shape index (κ2) is 7.09. The Bertz CT molecular complexity index is 689. The first kappa shape index (κ1) is 16.0. The molecule has 0 unspecified atom stereocenters. The summed E-state index contributed by atoms with van der Waals surface area (Å²) in [7, 11) is -2.94. The van der Waals surface area contributed by atoms with E-state index in [0.29, 0.717) is 13.1 Å². The van der Waals surface area contributed by atoms with Crippen LogP contribution in [0.3, 0.4) is 0 Å². The second-order valence-electron chi connectivity index (χ2n) is 5.35. The van der Waals surface area contributed by atoms with Gasteiger partial charge in [-0.1, -0.05) is 25.1 Å². The number of unbranched alkanes of at least 4 members (excludes halogenated alkanes) is 1. The van der Waals surface area contributed by atoms with Crippen molar-refractivity contribution >= 4 is 20.7 Å². The van der Waals surface area contributed by atoms with E-state index >= 15 is 0 Å². The summed E-state index contributed by atoms with van der Waals surface area (Å²) in [5, 5.41) is 1.23. The summed E-state index contributed by atoms with van der Waals surface area (Å²) in [6, 6.07) is 8.19. The molecule has 1 aromatic heterocycles. The summed E-state index contributed by atoms with van der Waals surface area (Å²) in [6.45, 7) is 2.93. The lowest BCUT2D eigenvalue weighted by Crippen LogP contribution is -2.14. The zero-order valence-corrected chi connectivity index (χ0v) is 13.4. The highest BCUT2D eigenvalue weighted by molar-refractivity contribution is 7.91. The number of aryl methyl sites for hydroxylation is 2. The Morgan fingerprint density at radius 3 is 2.67 bits per heavy atom. The van der Waals surface area contributed by atoms with Crippen LogP contribution in [0.25, 0.3) is 10.9 Å². The average Bonchev–Trinajstić information content (AvgIpc) is 2.84. The molecule has 0 aliphatic rings. The van der Waals surface area contributed by atoms with Gasteiger partial charge in [0.1, 0.15) is 0 Å². The van der Waals surface area contributed by atoms with Crippen LogP contribution in [0.5, 0.6) is 0 Å². The Hall–Kier alpha value is -1.33. The molecule has 2 N–H and O–H groups in total. The third-order valence-electron chi connectivity index (χ3n) is 3.85. The van der Waals surface area contributed by atoms with Gasteiger partial charge in [-0.3, -0.25) is 0 Å². The van der Waals surface area contributed by atoms with Crippen molar-refractivity contribution in [1.82, 2.24) is 4.57 Å². The molecule has 1 aromatic carbocycles. The summed E-state index contributed by atoms with van der Waals surface area (Å²) in [5.41, 5.74) is 7.95. The lowest BCUT2D eigenvalue weighted by molar-refractivity contribution is 0.591. The fourth-order valence-electron chi connectivity index (χ4n) is 2.55. The number of rotatable bonds is 8. The molecule has 2 rings (SSSR count). The van der Waals surface area contributed by atoms with E-state index in [0.717, 1.165) is 24.8 Å². The molecular weight excluding hydrogens is 284 g/mol. The Morgan fingerprint density at radius 1 is 1.19 bits per heavy atom. The molecule has 2 aromatic rings. The van der Waals surface area contributed by atoms with Crippen LogP contribution in [0, 0.1) is 0 Å². The molecule has 0 saturated heterocycles. The number of para-hydroxylation sites is 1. The SMILES string of the molecule is CCS(=O)(=O)CCn1cc(CCCCN)c2ccccc21. The standard InChI is InChI=1S/C16H24N2O2S/c1-2-21(19,20)12-11-18-13-14(7-5-6-10-17)15-8-3-4-9-16(15)18/h3-4,8-9,13H,2,5-7,10-12,17H2,1H3. The number of aromatic nitrogens is 1. The molecular formula is C16H24N2O2S. The van der Waals surface area contributed by atoms with Crippen LogP contribution in [-0.2, 0) is 22.8 Å². The van der Waals surface area contributed by atoms with Gasteiger partial charge in [0, 0.05) is 29.4 Å². The normalized spacial score (nSPS) is 12.1. The third-order valence-corrected chi connectivity index (χ3v) is 5.54. The Morgan fingerprint density at radius 2 is 1.95 bits per heavy atom. The highest BCUT2D eigenvalue weighted by atomic mass is 32.2. The minimum atomic E-state index is -2.94. The van der Waals surface area contributed by atoms with Gasteiger partial charge in [0.25, 0.3) is 0 Å². The van der Waals surface area contributed by atoms with E-state index in [1.807, 2.05) is 12.1 Å². The van der Waals surface area contributed by atoms with Crippen LogP contribution >= 0.6 is 0 Å². The van der Waals surface area contributed by atoms with Crippen LogP contribution in [0.15, 0.2) is 30.5 Å². The number of sulfone groups is 1. The number of nitrogens with zero attached hydrogens (tertiary/aromatic N) is 1. The minimum absolute atomic E-state index is 0.199. The summed E-state index contributed by atoms with van der Waals surface area (Å²) < 4.78 is 25.5. The summed E-state index contributed by atoms with van der Waals surface area (Å²) in [4.78, 5) is 0. The molecule has 5 heteroatoms. The molecule has 1 heterocycles. The van der Waals surface area contributed by atoms with Gasteiger partial charge in [-0.2, -0.15) is 0 Å². The van der Waals surface area contributed by atoms with Crippen molar-refractivity contribution in [3.05, 3.63) is 36.0 Å². The molecule has 4 nitrogen and oxygen atoms in total. The topological polar surface area (TPSA) is 65.1 Å². The van der Waals surface area contributed by atoms with Crippen LogP contribution < -0.4 is 5.73 Å². The van der Waals surface area contributed by atoms with Crippen molar-refractivity contribution in [2.45, 2.75) is 32.7 Å². The molecule has 21 heavy (non-hydrogen) atoms. The van der Waals surface area contributed by atoms with E-state index in [2.05, 4.69) is 22.9 Å². The van der Waals surface area contributed by atoms with Crippen LogP contribution in [-0.4, -0.2) is 31.0 Å². The van der Waals surface area contributed by atoms with Crippen molar-refractivity contribution in [1.29, 1.82) is 0 Å². The van der Waals surface area contributed by atoms with E-state index < -0.39 is 9.84 Å². The smallest absolute Gasteiger partial charge is 0.151 e. The van der Waals surface area contributed by atoms with Crippen LogP contribution in [0.1, 0.15) is 25.3 Å². The predicted octanol–water partition coefficient (Wildman–Crippen LogP) is 2.36. The fraction of sp³-hybridized carbons (Fsp3) is 0.500. The first-order valence-corrected chi connectivity index (χ1v) is 9.37. The van der Waals surface area contributed by atoms with E-state index in [9.17, 15) is 8.42 Å². The van der Waals surface area contributed by atoms with Crippen molar-refractivity contribution in [3.63, 3.8) is 0 Å². The van der Waals surface area contributed by atoms with Gasteiger partial charge >= 0.3 is 0 Å². The highest BCUT2D eigenvalue weighted by Crippen LogP contribution is 2.23. The van der Waals surface area contributed by atoms with Gasteiger partial charge < -0.3 is 10.3 Å². The van der Waals surface area contributed by atoms with Gasteiger partial charge in [0.15, 0.2) is 9.84 Å². The van der Waals surface area contributed by atoms with Crippen molar-refractivity contribution in [3.8, 4) is 0 Å². The highest BCUT2D eigenvalue weighted by Gasteiger charge is 2.11. The fourth-order valence-corrected chi connectivity index (χ4v) is 3.31. The van der Waals surface area contributed by atoms with Crippen LogP contribution in [0.4, 0.5) is 0 Å². The zero-order chi connectivity index (χ0) is 15.3. The molecule has 0 bridgehead atoms. The summed E-state index contributed by atoms with van der Waals surface area (Å²) >= 11 is 0. The number of hydrogen-bond acceptors (Lipinski definition) is 3. The van der Waals surface area contributed by atoms with E-state index in [1.54, 1.807) is 6.92 Å². The summed E-state index contributed by atoms with van der Waals surface area (Å²) in [5.74, 6) is 0.403. The zero-order valence-electron chi connectivity index (χ0n) is 12.6. The van der Waals surface area contributed by atoms with Crippen molar-refractivity contribution in [2.24, 2.45) is 5.73 Å². The summed E-state index contributed by atoms with van der Waals surface area (Å²) in [6.07, 6.45) is 5.18. The van der Waals surface area contributed by atoms with Gasteiger partial charge in [-0.15, -0.1) is 0 Å². The Balaban J connectivity index is 2.23.